The van der Waals surface area contributed by atoms with Crippen molar-refractivity contribution >= 4 is 17.1 Å². The van der Waals surface area contributed by atoms with Gasteiger partial charge < -0.3 is 18.8 Å². The third-order valence-corrected chi connectivity index (χ3v) is 4.72. The first-order valence-electron chi connectivity index (χ1n) is 8.98. The molecule has 0 unspecified atom stereocenters. The van der Waals surface area contributed by atoms with Gasteiger partial charge in [0.25, 0.3) is 6.01 Å². The molecule has 3 aromatic heterocycles. The molecule has 5 rings (SSSR count). The molecule has 0 bridgehead atoms. The highest BCUT2D eigenvalue weighted by atomic mass is 16.5. The number of ether oxygens (including phenoxy) is 2. The van der Waals surface area contributed by atoms with Crippen molar-refractivity contribution in [1.29, 1.82) is 0 Å². The summed E-state index contributed by atoms with van der Waals surface area (Å²) < 4.78 is 16.9. The van der Waals surface area contributed by atoms with Gasteiger partial charge in [0, 0.05) is 18.8 Å². The highest BCUT2D eigenvalue weighted by molar-refractivity contribution is 5.76. The van der Waals surface area contributed by atoms with Crippen molar-refractivity contribution in [3.8, 4) is 11.5 Å². The highest BCUT2D eigenvalue weighted by Gasteiger charge is 2.23. The summed E-state index contributed by atoms with van der Waals surface area (Å²) in [6, 6.07) is 14.0. The number of anilines is 1. The van der Waals surface area contributed by atoms with E-state index in [1.54, 1.807) is 13.3 Å². The zero-order valence-corrected chi connectivity index (χ0v) is 15.3. The summed E-state index contributed by atoms with van der Waals surface area (Å²) in [5.74, 6) is 1.44. The second-order valence-corrected chi connectivity index (χ2v) is 6.57. The summed E-state index contributed by atoms with van der Waals surface area (Å²) in [6.07, 6.45) is 3.49. The molecule has 28 heavy (non-hydrogen) atoms. The van der Waals surface area contributed by atoms with Crippen LogP contribution in [0.4, 0.5) is 6.01 Å². The zero-order valence-electron chi connectivity index (χ0n) is 15.3. The predicted octanol–water partition coefficient (Wildman–Crippen LogP) is 3.73. The Morgan fingerprint density at radius 3 is 2.82 bits per heavy atom. The van der Waals surface area contributed by atoms with Crippen LogP contribution in [0.25, 0.3) is 11.1 Å². The van der Waals surface area contributed by atoms with Crippen molar-refractivity contribution in [3.05, 3.63) is 71.8 Å². The predicted molar refractivity (Wildman–Crippen MR) is 103 cm³/mol. The van der Waals surface area contributed by atoms with Crippen molar-refractivity contribution in [3.63, 3.8) is 0 Å². The molecule has 1 aliphatic rings. The van der Waals surface area contributed by atoms with Crippen molar-refractivity contribution < 1.29 is 13.9 Å². The van der Waals surface area contributed by atoms with Crippen LogP contribution in [-0.2, 0) is 19.7 Å². The van der Waals surface area contributed by atoms with Crippen LogP contribution in [-0.4, -0.2) is 22.1 Å². The van der Waals surface area contributed by atoms with Crippen LogP contribution in [0.15, 0.2) is 59.3 Å². The van der Waals surface area contributed by atoms with Gasteiger partial charge in [-0.25, -0.2) is 0 Å². The Balaban J connectivity index is 1.31. The molecule has 7 heteroatoms. The Labute approximate surface area is 161 Å². The van der Waals surface area contributed by atoms with Gasteiger partial charge in [0.15, 0.2) is 5.58 Å². The summed E-state index contributed by atoms with van der Waals surface area (Å²) in [6.45, 7) is 1.82. The topological polar surface area (TPSA) is 73.5 Å². The van der Waals surface area contributed by atoms with Crippen LogP contribution in [0.2, 0.25) is 0 Å². The normalized spacial score (nSPS) is 13.0. The minimum absolute atomic E-state index is 0.368. The molecular formula is C21H18N4O3. The van der Waals surface area contributed by atoms with Crippen molar-refractivity contribution in [2.75, 3.05) is 12.0 Å². The molecule has 0 amide bonds. The molecule has 0 aliphatic carbocycles. The van der Waals surface area contributed by atoms with E-state index in [9.17, 15) is 0 Å². The molecule has 4 heterocycles. The van der Waals surface area contributed by atoms with Crippen LogP contribution >= 0.6 is 0 Å². The van der Waals surface area contributed by atoms with Gasteiger partial charge in [0.1, 0.15) is 23.6 Å². The van der Waals surface area contributed by atoms with Gasteiger partial charge in [0.2, 0.25) is 0 Å². The molecule has 0 atom stereocenters. The van der Waals surface area contributed by atoms with E-state index in [0.717, 1.165) is 40.5 Å². The van der Waals surface area contributed by atoms with Gasteiger partial charge in [-0.3, -0.25) is 9.97 Å². The molecule has 1 aromatic carbocycles. The monoisotopic (exact) mass is 374 g/mol. The number of fused-ring (bicyclic) bond motifs is 2. The van der Waals surface area contributed by atoms with Crippen molar-refractivity contribution in [2.24, 2.45) is 0 Å². The number of oxazole rings is 1. The van der Waals surface area contributed by atoms with Crippen molar-refractivity contribution in [1.82, 2.24) is 15.0 Å². The number of pyridine rings is 2. The minimum Gasteiger partial charge on any atom is -0.495 e. The third-order valence-electron chi connectivity index (χ3n) is 4.72. The second-order valence-electron chi connectivity index (χ2n) is 6.57. The van der Waals surface area contributed by atoms with E-state index in [-0.39, 0.29) is 0 Å². The Bertz CT molecular complexity index is 1100. The van der Waals surface area contributed by atoms with Gasteiger partial charge in [-0.1, -0.05) is 6.07 Å². The maximum atomic E-state index is 5.93. The quantitative estimate of drug-likeness (QED) is 0.527. The van der Waals surface area contributed by atoms with Gasteiger partial charge in [-0.2, -0.15) is 4.98 Å². The summed E-state index contributed by atoms with van der Waals surface area (Å²) in [4.78, 5) is 15.4. The van der Waals surface area contributed by atoms with E-state index in [2.05, 4.69) is 25.9 Å². The molecule has 4 aromatic rings. The van der Waals surface area contributed by atoms with E-state index >= 15 is 0 Å². The SMILES string of the molecule is COc1ccc(COc2ccc3oc(N4Cc5cccnc5C4)nc3c2)nc1. The third kappa shape index (κ3) is 3.11. The summed E-state index contributed by atoms with van der Waals surface area (Å²) in [5, 5.41) is 0. The largest absolute Gasteiger partial charge is 0.495 e. The summed E-state index contributed by atoms with van der Waals surface area (Å²) in [7, 11) is 1.62. The first-order valence-corrected chi connectivity index (χ1v) is 8.98. The fraction of sp³-hybridized carbons (Fsp3) is 0.190. The standard InChI is InChI=1S/C21H18N4O3/c1-26-17-5-4-15(23-10-17)13-27-16-6-7-20-18(9-16)24-21(28-20)25-11-14-3-2-8-22-19(14)12-25/h2-10H,11-13H2,1H3. The maximum Gasteiger partial charge on any atom is 0.299 e. The smallest absolute Gasteiger partial charge is 0.299 e. The number of hydrogen-bond acceptors (Lipinski definition) is 7. The average Bonchev–Trinajstić information content (AvgIpc) is 3.36. The Morgan fingerprint density at radius 2 is 2.00 bits per heavy atom. The van der Waals surface area contributed by atoms with E-state index in [1.165, 1.54) is 5.56 Å². The summed E-state index contributed by atoms with van der Waals surface area (Å²) in [5.41, 5.74) is 4.60. The Hall–Kier alpha value is -3.61. The number of nitrogens with zero attached hydrogens (tertiary/aromatic N) is 4. The number of benzene rings is 1. The molecule has 7 nitrogen and oxygen atoms in total. The first-order chi connectivity index (χ1) is 13.8. The molecule has 1 aliphatic heterocycles. The second kappa shape index (κ2) is 6.84. The van der Waals surface area contributed by atoms with Gasteiger partial charge in [-0.15, -0.1) is 0 Å². The van der Waals surface area contributed by atoms with E-state index < -0.39 is 0 Å². The minimum atomic E-state index is 0.368. The van der Waals surface area contributed by atoms with Gasteiger partial charge in [-0.05, 0) is 35.9 Å². The van der Waals surface area contributed by atoms with Crippen LogP contribution in [0.3, 0.4) is 0 Å². The lowest BCUT2D eigenvalue weighted by Gasteiger charge is -2.10. The average molecular weight is 374 g/mol. The fourth-order valence-corrected chi connectivity index (χ4v) is 3.23. The van der Waals surface area contributed by atoms with Crippen LogP contribution in [0.5, 0.6) is 11.5 Å². The van der Waals surface area contributed by atoms with Crippen LogP contribution in [0.1, 0.15) is 17.0 Å². The fourth-order valence-electron chi connectivity index (χ4n) is 3.23. The first kappa shape index (κ1) is 16.6. The van der Waals surface area contributed by atoms with Crippen molar-refractivity contribution in [2.45, 2.75) is 19.7 Å². The van der Waals surface area contributed by atoms with Crippen LogP contribution < -0.4 is 14.4 Å². The number of rotatable bonds is 5. The number of methoxy groups -OCH3 is 1. The number of hydrogen-bond donors (Lipinski definition) is 0. The summed E-state index contributed by atoms with van der Waals surface area (Å²) >= 11 is 0. The molecule has 0 radical (unpaired) electrons. The molecular weight excluding hydrogens is 356 g/mol. The molecule has 0 N–H and O–H groups in total. The maximum absolute atomic E-state index is 5.93. The molecule has 140 valence electrons. The zero-order chi connectivity index (χ0) is 18.9. The lowest BCUT2D eigenvalue weighted by atomic mass is 10.2. The Kier molecular flexibility index (Phi) is 4.05. The molecule has 0 fully saturated rings. The van der Waals surface area contributed by atoms with Crippen LogP contribution in [0, 0.1) is 0 Å². The number of aromatic nitrogens is 3. The lowest BCUT2D eigenvalue weighted by Crippen LogP contribution is -2.14. The lowest BCUT2D eigenvalue weighted by molar-refractivity contribution is 0.301. The van der Waals surface area contributed by atoms with E-state index in [1.807, 2.05) is 42.6 Å². The van der Waals surface area contributed by atoms with Gasteiger partial charge in [0.05, 0.1) is 31.2 Å². The molecule has 0 spiro atoms. The van der Waals surface area contributed by atoms with E-state index in [4.69, 9.17) is 13.9 Å². The Morgan fingerprint density at radius 1 is 1.07 bits per heavy atom. The van der Waals surface area contributed by atoms with Gasteiger partial charge >= 0.3 is 0 Å². The highest BCUT2D eigenvalue weighted by Crippen LogP contribution is 2.30. The van der Waals surface area contributed by atoms with E-state index in [0.29, 0.717) is 19.2 Å². The molecule has 0 saturated carbocycles. The molecule has 0 saturated heterocycles.